The summed E-state index contributed by atoms with van der Waals surface area (Å²) < 4.78 is 5.62. The third-order valence-corrected chi connectivity index (χ3v) is 3.81. The molecule has 0 atom stereocenters. The van der Waals surface area contributed by atoms with Crippen LogP contribution < -0.4 is 4.74 Å². The van der Waals surface area contributed by atoms with Gasteiger partial charge in [0, 0.05) is 6.54 Å². The van der Waals surface area contributed by atoms with E-state index in [0.29, 0.717) is 24.5 Å². The predicted octanol–water partition coefficient (Wildman–Crippen LogP) is 3.24. The van der Waals surface area contributed by atoms with Gasteiger partial charge in [0.1, 0.15) is 12.4 Å². The molecule has 2 rings (SSSR count). The Labute approximate surface area is 126 Å². The second kappa shape index (κ2) is 6.62. The number of para-hydroxylation sites is 1. The van der Waals surface area contributed by atoms with Crippen LogP contribution in [0.3, 0.4) is 0 Å². The first-order valence-electron chi connectivity index (χ1n) is 7.46. The summed E-state index contributed by atoms with van der Waals surface area (Å²) in [4.78, 5) is 14.3. The van der Waals surface area contributed by atoms with Gasteiger partial charge < -0.3 is 9.64 Å². The number of carbonyl (C=O) groups excluding carboxylic acids is 1. The van der Waals surface area contributed by atoms with Gasteiger partial charge in [-0.3, -0.25) is 4.79 Å². The molecule has 1 aromatic rings. The van der Waals surface area contributed by atoms with Crippen LogP contribution in [-0.2, 0) is 0 Å². The third kappa shape index (κ3) is 3.98. The third-order valence-electron chi connectivity index (χ3n) is 3.81. The van der Waals surface area contributed by atoms with E-state index in [9.17, 15) is 4.79 Å². The van der Waals surface area contributed by atoms with Crippen molar-refractivity contribution in [2.45, 2.75) is 33.1 Å². The number of hydrogen-bond acceptors (Lipinski definition) is 3. The van der Waals surface area contributed by atoms with Crippen molar-refractivity contribution in [2.24, 2.45) is 5.41 Å². The van der Waals surface area contributed by atoms with Crippen LogP contribution >= 0.6 is 0 Å². The van der Waals surface area contributed by atoms with Crippen molar-refractivity contribution in [2.75, 3.05) is 19.7 Å². The molecule has 21 heavy (non-hydrogen) atoms. The van der Waals surface area contributed by atoms with Gasteiger partial charge in [0.2, 0.25) is 0 Å². The molecule has 1 aromatic carbocycles. The Hall–Kier alpha value is -2.02. The lowest BCUT2D eigenvalue weighted by Gasteiger charge is -2.21. The average Bonchev–Trinajstić information content (AvgIpc) is 2.64. The summed E-state index contributed by atoms with van der Waals surface area (Å²) in [5.74, 6) is 0.721. The summed E-state index contributed by atoms with van der Waals surface area (Å²) in [6.45, 7) is 5.78. The molecular formula is C17H22N2O2. The Balaban J connectivity index is 1.90. The molecule has 0 saturated carbocycles. The van der Waals surface area contributed by atoms with Crippen molar-refractivity contribution in [1.29, 1.82) is 5.26 Å². The number of fused-ring (bicyclic) bond motifs is 1. The first kappa shape index (κ1) is 15.4. The highest BCUT2D eigenvalue weighted by atomic mass is 16.5. The molecule has 1 aliphatic heterocycles. The summed E-state index contributed by atoms with van der Waals surface area (Å²) >= 11 is 0. The van der Waals surface area contributed by atoms with E-state index in [0.717, 1.165) is 25.8 Å². The molecule has 0 unspecified atom stereocenters. The van der Waals surface area contributed by atoms with Crippen molar-refractivity contribution in [1.82, 2.24) is 4.90 Å². The molecule has 0 saturated heterocycles. The minimum Gasteiger partial charge on any atom is -0.491 e. The lowest BCUT2D eigenvalue weighted by Crippen LogP contribution is -2.33. The lowest BCUT2D eigenvalue weighted by atomic mass is 9.89. The summed E-state index contributed by atoms with van der Waals surface area (Å²) in [5, 5.41) is 9.00. The highest BCUT2D eigenvalue weighted by Crippen LogP contribution is 2.24. The Morgan fingerprint density at radius 3 is 2.86 bits per heavy atom. The van der Waals surface area contributed by atoms with Gasteiger partial charge in [-0.05, 0) is 38.8 Å². The number of nitriles is 1. The number of ether oxygens (including phenoxy) is 1. The van der Waals surface area contributed by atoms with Gasteiger partial charge in [0.05, 0.1) is 23.6 Å². The van der Waals surface area contributed by atoms with Gasteiger partial charge >= 0.3 is 0 Å². The standard InChI is InChI=1S/C17H22N2O2/c1-17(2,13-18)9-5-6-10-19-11-12-21-15-8-4-3-7-14(15)16(19)20/h3-4,7-8H,5-6,9-12H2,1-2H3. The molecule has 0 aliphatic carbocycles. The monoisotopic (exact) mass is 286 g/mol. The summed E-state index contributed by atoms with van der Waals surface area (Å²) in [6, 6.07) is 9.71. The van der Waals surface area contributed by atoms with Crippen LogP contribution in [0.5, 0.6) is 5.75 Å². The zero-order valence-electron chi connectivity index (χ0n) is 12.8. The second-order valence-electron chi connectivity index (χ2n) is 6.09. The summed E-state index contributed by atoms with van der Waals surface area (Å²) in [6.07, 6.45) is 2.73. The van der Waals surface area contributed by atoms with Crippen molar-refractivity contribution >= 4 is 5.91 Å². The molecule has 0 spiro atoms. The zero-order chi connectivity index (χ0) is 15.3. The first-order chi connectivity index (χ1) is 10.0. The largest absolute Gasteiger partial charge is 0.491 e. The Morgan fingerprint density at radius 2 is 2.10 bits per heavy atom. The van der Waals surface area contributed by atoms with Crippen molar-refractivity contribution in [3.63, 3.8) is 0 Å². The second-order valence-corrected chi connectivity index (χ2v) is 6.09. The highest BCUT2D eigenvalue weighted by molar-refractivity contribution is 5.97. The average molecular weight is 286 g/mol. The Kier molecular flexibility index (Phi) is 4.85. The molecule has 0 bridgehead atoms. The maximum atomic E-state index is 12.5. The van der Waals surface area contributed by atoms with Crippen LogP contribution in [0.2, 0.25) is 0 Å². The topological polar surface area (TPSA) is 53.3 Å². The molecule has 1 heterocycles. The van der Waals surface area contributed by atoms with E-state index in [2.05, 4.69) is 6.07 Å². The van der Waals surface area contributed by atoms with Crippen molar-refractivity contribution in [3.05, 3.63) is 29.8 Å². The van der Waals surface area contributed by atoms with Gasteiger partial charge in [-0.25, -0.2) is 0 Å². The van der Waals surface area contributed by atoms with E-state index in [-0.39, 0.29) is 11.3 Å². The van der Waals surface area contributed by atoms with E-state index < -0.39 is 0 Å². The molecule has 1 aliphatic rings. The SMILES string of the molecule is CC(C)(C#N)CCCCN1CCOc2ccccc2C1=O. The summed E-state index contributed by atoms with van der Waals surface area (Å²) in [7, 11) is 0. The van der Waals surface area contributed by atoms with Crippen molar-refractivity contribution < 1.29 is 9.53 Å². The van der Waals surface area contributed by atoms with E-state index in [1.165, 1.54) is 0 Å². The fourth-order valence-corrected chi connectivity index (χ4v) is 2.45. The molecule has 112 valence electrons. The Morgan fingerprint density at radius 1 is 1.33 bits per heavy atom. The van der Waals surface area contributed by atoms with Crippen molar-refractivity contribution in [3.8, 4) is 11.8 Å². The number of carbonyl (C=O) groups is 1. The fraction of sp³-hybridized carbons (Fsp3) is 0.529. The lowest BCUT2D eigenvalue weighted by molar-refractivity contribution is 0.0752. The van der Waals surface area contributed by atoms with Gasteiger partial charge in [0.15, 0.2) is 0 Å². The highest BCUT2D eigenvalue weighted by Gasteiger charge is 2.23. The minimum atomic E-state index is -0.279. The smallest absolute Gasteiger partial charge is 0.257 e. The maximum Gasteiger partial charge on any atom is 0.257 e. The molecular weight excluding hydrogens is 264 g/mol. The van der Waals surface area contributed by atoms with Gasteiger partial charge in [0.25, 0.3) is 5.91 Å². The number of unbranched alkanes of at least 4 members (excludes halogenated alkanes) is 1. The number of benzene rings is 1. The predicted molar refractivity (Wildman–Crippen MR) is 81.1 cm³/mol. The van der Waals surface area contributed by atoms with E-state index >= 15 is 0 Å². The number of rotatable bonds is 5. The van der Waals surface area contributed by atoms with E-state index in [1.54, 1.807) is 0 Å². The number of hydrogen-bond donors (Lipinski definition) is 0. The summed E-state index contributed by atoms with van der Waals surface area (Å²) in [5.41, 5.74) is 0.366. The van der Waals surface area contributed by atoms with Gasteiger partial charge in [-0.2, -0.15) is 5.26 Å². The molecule has 0 aromatic heterocycles. The maximum absolute atomic E-state index is 12.5. The zero-order valence-corrected chi connectivity index (χ0v) is 12.8. The van der Waals surface area contributed by atoms with Crippen LogP contribution in [0.1, 0.15) is 43.5 Å². The molecule has 4 nitrogen and oxygen atoms in total. The van der Waals surface area contributed by atoms with Crippen LogP contribution in [0, 0.1) is 16.7 Å². The van der Waals surface area contributed by atoms with E-state index in [4.69, 9.17) is 10.00 Å². The number of amides is 1. The number of nitrogens with zero attached hydrogens (tertiary/aromatic N) is 2. The molecule has 1 amide bonds. The van der Waals surface area contributed by atoms with Crippen LogP contribution in [0.15, 0.2) is 24.3 Å². The molecule has 4 heteroatoms. The van der Waals surface area contributed by atoms with Crippen LogP contribution in [-0.4, -0.2) is 30.5 Å². The molecule has 0 fully saturated rings. The van der Waals surface area contributed by atoms with Gasteiger partial charge in [-0.1, -0.05) is 18.6 Å². The fourth-order valence-electron chi connectivity index (χ4n) is 2.45. The minimum absolute atomic E-state index is 0.0441. The molecule has 0 radical (unpaired) electrons. The Bertz CT molecular complexity index is 546. The normalized spacial score (nSPS) is 14.9. The van der Waals surface area contributed by atoms with Crippen LogP contribution in [0.4, 0.5) is 0 Å². The van der Waals surface area contributed by atoms with Gasteiger partial charge in [-0.15, -0.1) is 0 Å². The first-order valence-corrected chi connectivity index (χ1v) is 7.46. The quantitative estimate of drug-likeness (QED) is 0.781. The van der Waals surface area contributed by atoms with Crippen LogP contribution in [0.25, 0.3) is 0 Å². The molecule has 0 N–H and O–H groups in total. The van der Waals surface area contributed by atoms with E-state index in [1.807, 2.05) is 43.0 Å².